The Bertz CT molecular complexity index is 316. The molecule has 0 aliphatic carbocycles. The second kappa shape index (κ2) is 4.75. The van der Waals surface area contributed by atoms with Crippen molar-refractivity contribution in [2.75, 3.05) is 0 Å². The van der Waals surface area contributed by atoms with Crippen LogP contribution < -0.4 is 5.32 Å². The Kier molecular flexibility index (Phi) is 3.36. The van der Waals surface area contributed by atoms with Gasteiger partial charge in [0.1, 0.15) is 11.6 Å². The first-order chi connectivity index (χ1) is 7.27. The predicted octanol–water partition coefficient (Wildman–Crippen LogP) is 1.50. The zero-order valence-electron chi connectivity index (χ0n) is 9.66. The van der Waals surface area contributed by atoms with Gasteiger partial charge >= 0.3 is 0 Å². The topological polar surface area (TPSA) is 42.7 Å². The summed E-state index contributed by atoms with van der Waals surface area (Å²) in [5, 5.41) is 11.9. The maximum atomic E-state index is 4.27. The first-order valence-electron chi connectivity index (χ1n) is 5.91. The number of rotatable bonds is 3. The first kappa shape index (κ1) is 10.6. The monoisotopic (exact) mass is 208 g/mol. The first-order valence-corrected chi connectivity index (χ1v) is 5.91. The minimum Gasteiger partial charge on any atom is -0.314 e. The number of fused-ring (bicyclic) bond motifs is 1. The van der Waals surface area contributed by atoms with Gasteiger partial charge in [-0.05, 0) is 12.8 Å². The van der Waals surface area contributed by atoms with Gasteiger partial charge in [0, 0.05) is 19.0 Å². The summed E-state index contributed by atoms with van der Waals surface area (Å²) in [6.07, 6.45) is 4.94. The average Bonchev–Trinajstić information content (AvgIpc) is 2.44. The maximum absolute atomic E-state index is 4.27. The number of nitrogens with zero attached hydrogens (tertiary/aromatic N) is 3. The number of hydrogen-bond acceptors (Lipinski definition) is 3. The molecule has 0 aromatic carbocycles. The second-order valence-electron chi connectivity index (χ2n) is 4.53. The van der Waals surface area contributed by atoms with E-state index in [2.05, 4.69) is 33.9 Å². The molecule has 0 saturated heterocycles. The second-order valence-corrected chi connectivity index (χ2v) is 4.53. The summed E-state index contributed by atoms with van der Waals surface area (Å²) in [6, 6.07) is 0.503. The SMILES string of the molecule is CC(C)NCc1nnc2n1CCCCC2. The quantitative estimate of drug-likeness (QED) is 0.818. The Morgan fingerprint density at radius 2 is 2.13 bits per heavy atom. The van der Waals surface area contributed by atoms with E-state index >= 15 is 0 Å². The van der Waals surface area contributed by atoms with Gasteiger partial charge in [0.15, 0.2) is 0 Å². The number of hydrogen-bond donors (Lipinski definition) is 1. The Balaban J connectivity index is 2.08. The van der Waals surface area contributed by atoms with Crippen molar-refractivity contribution in [2.24, 2.45) is 0 Å². The summed E-state index contributed by atoms with van der Waals surface area (Å²) in [4.78, 5) is 0. The van der Waals surface area contributed by atoms with Crippen LogP contribution in [0.3, 0.4) is 0 Å². The van der Waals surface area contributed by atoms with Gasteiger partial charge in [-0.2, -0.15) is 0 Å². The van der Waals surface area contributed by atoms with E-state index in [0.717, 1.165) is 25.3 Å². The molecule has 0 fully saturated rings. The van der Waals surface area contributed by atoms with Crippen molar-refractivity contribution in [1.82, 2.24) is 20.1 Å². The molecular formula is C11H20N4. The van der Waals surface area contributed by atoms with Crippen LogP contribution in [-0.4, -0.2) is 20.8 Å². The lowest BCUT2D eigenvalue weighted by Gasteiger charge is -2.09. The molecule has 1 N–H and O–H groups in total. The molecule has 0 atom stereocenters. The van der Waals surface area contributed by atoms with Crippen LogP contribution in [0.1, 0.15) is 44.8 Å². The molecular weight excluding hydrogens is 188 g/mol. The molecule has 2 rings (SSSR count). The fourth-order valence-electron chi connectivity index (χ4n) is 1.97. The molecule has 0 spiro atoms. The fraction of sp³-hybridized carbons (Fsp3) is 0.818. The van der Waals surface area contributed by atoms with E-state index in [1.54, 1.807) is 0 Å². The van der Waals surface area contributed by atoms with Crippen LogP contribution in [0.4, 0.5) is 0 Å². The molecule has 0 radical (unpaired) electrons. The molecule has 1 aromatic rings. The Morgan fingerprint density at radius 1 is 1.27 bits per heavy atom. The van der Waals surface area contributed by atoms with E-state index in [-0.39, 0.29) is 0 Å². The van der Waals surface area contributed by atoms with Crippen molar-refractivity contribution < 1.29 is 0 Å². The van der Waals surface area contributed by atoms with E-state index in [0.29, 0.717) is 6.04 Å². The average molecular weight is 208 g/mol. The molecule has 4 nitrogen and oxygen atoms in total. The van der Waals surface area contributed by atoms with Crippen LogP contribution in [0.25, 0.3) is 0 Å². The van der Waals surface area contributed by atoms with Gasteiger partial charge in [-0.3, -0.25) is 0 Å². The summed E-state index contributed by atoms with van der Waals surface area (Å²) in [6.45, 7) is 6.24. The minimum absolute atomic E-state index is 0.503. The Hall–Kier alpha value is -0.900. The van der Waals surface area contributed by atoms with E-state index in [4.69, 9.17) is 0 Å². The van der Waals surface area contributed by atoms with Crippen LogP contribution in [0, 0.1) is 0 Å². The third-order valence-electron chi connectivity index (χ3n) is 2.85. The van der Waals surface area contributed by atoms with E-state index in [9.17, 15) is 0 Å². The van der Waals surface area contributed by atoms with E-state index < -0.39 is 0 Å². The van der Waals surface area contributed by atoms with Gasteiger partial charge in [0.25, 0.3) is 0 Å². The standard InChI is InChI=1S/C11H20N4/c1-9(2)12-8-11-14-13-10-6-4-3-5-7-15(10)11/h9,12H,3-8H2,1-2H3. The van der Waals surface area contributed by atoms with E-state index in [1.165, 1.54) is 25.1 Å². The van der Waals surface area contributed by atoms with Crippen molar-refractivity contribution in [3.05, 3.63) is 11.6 Å². The molecule has 15 heavy (non-hydrogen) atoms. The lowest BCUT2D eigenvalue weighted by Crippen LogP contribution is -2.24. The van der Waals surface area contributed by atoms with Gasteiger partial charge in [0.2, 0.25) is 0 Å². The van der Waals surface area contributed by atoms with Crippen molar-refractivity contribution in [3.8, 4) is 0 Å². The molecule has 4 heteroatoms. The zero-order chi connectivity index (χ0) is 10.7. The van der Waals surface area contributed by atoms with Gasteiger partial charge in [-0.1, -0.05) is 20.3 Å². The van der Waals surface area contributed by atoms with Crippen LogP contribution in [0.2, 0.25) is 0 Å². The highest BCUT2D eigenvalue weighted by Gasteiger charge is 2.14. The molecule has 0 saturated carbocycles. The molecule has 84 valence electrons. The normalized spacial score (nSPS) is 16.5. The zero-order valence-corrected chi connectivity index (χ0v) is 9.66. The number of aryl methyl sites for hydroxylation is 1. The van der Waals surface area contributed by atoms with Crippen molar-refractivity contribution in [1.29, 1.82) is 0 Å². The van der Waals surface area contributed by atoms with Crippen molar-refractivity contribution in [2.45, 2.75) is 58.7 Å². The van der Waals surface area contributed by atoms with Crippen LogP contribution in [0.5, 0.6) is 0 Å². The van der Waals surface area contributed by atoms with E-state index in [1.807, 2.05) is 0 Å². The molecule has 1 aromatic heterocycles. The van der Waals surface area contributed by atoms with Crippen LogP contribution in [-0.2, 0) is 19.5 Å². The lowest BCUT2D eigenvalue weighted by atomic mass is 10.2. The molecule has 0 unspecified atom stereocenters. The van der Waals surface area contributed by atoms with Gasteiger partial charge < -0.3 is 9.88 Å². The van der Waals surface area contributed by atoms with Gasteiger partial charge in [0.05, 0.1) is 6.54 Å². The summed E-state index contributed by atoms with van der Waals surface area (Å²) >= 11 is 0. The Morgan fingerprint density at radius 3 is 2.93 bits per heavy atom. The highest BCUT2D eigenvalue weighted by molar-refractivity contribution is 4.97. The molecule has 1 aliphatic heterocycles. The van der Waals surface area contributed by atoms with Crippen molar-refractivity contribution in [3.63, 3.8) is 0 Å². The van der Waals surface area contributed by atoms with Crippen LogP contribution >= 0.6 is 0 Å². The molecule has 0 bridgehead atoms. The van der Waals surface area contributed by atoms with Gasteiger partial charge in [-0.25, -0.2) is 0 Å². The predicted molar refractivity (Wildman–Crippen MR) is 59.6 cm³/mol. The number of aromatic nitrogens is 3. The molecule has 2 heterocycles. The van der Waals surface area contributed by atoms with Crippen LogP contribution in [0.15, 0.2) is 0 Å². The molecule has 0 amide bonds. The van der Waals surface area contributed by atoms with Crippen molar-refractivity contribution >= 4 is 0 Å². The Labute approximate surface area is 91.1 Å². The molecule has 1 aliphatic rings. The number of nitrogens with one attached hydrogen (secondary N) is 1. The highest BCUT2D eigenvalue weighted by atomic mass is 15.3. The fourth-order valence-corrected chi connectivity index (χ4v) is 1.97. The third kappa shape index (κ3) is 2.56. The largest absolute Gasteiger partial charge is 0.314 e. The highest BCUT2D eigenvalue weighted by Crippen LogP contribution is 2.14. The third-order valence-corrected chi connectivity index (χ3v) is 2.85. The summed E-state index contributed by atoms with van der Waals surface area (Å²) < 4.78 is 2.29. The lowest BCUT2D eigenvalue weighted by molar-refractivity contribution is 0.535. The van der Waals surface area contributed by atoms with Gasteiger partial charge in [-0.15, -0.1) is 10.2 Å². The minimum atomic E-state index is 0.503. The summed E-state index contributed by atoms with van der Waals surface area (Å²) in [5.74, 6) is 2.27. The summed E-state index contributed by atoms with van der Waals surface area (Å²) in [5.41, 5.74) is 0. The smallest absolute Gasteiger partial charge is 0.147 e. The summed E-state index contributed by atoms with van der Waals surface area (Å²) in [7, 11) is 0. The maximum Gasteiger partial charge on any atom is 0.147 e.